The molecule has 4 nitrogen and oxygen atoms in total. The molecule has 0 unspecified atom stereocenters. The topological polar surface area (TPSA) is 48.1 Å². The van der Waals surface area contributed by atoms with E-state index in [-0.39, 0.29) is 10.6 Å². The maximum Gasteiger partial charge on any atom is 0.270 e. The quantitative estimate of drug-likeness (QED) is 0.404. The highest BCUT2D eigenvalue weighted by atomic mass is 79.9. The maximum absolute atomic E-state index is 10.9. The molecule has 25 heavy (non-hydrogen) atoms. The fourth-order valence-corrected chi connectivity index (χ4v) is 3.14. The minimum atomic E-state index is -0.378. The Kier molecular flexibility index (Phi) is 4.86. The molecule has 3 rings (SSSR count). The van der Waals surface area contributed by atoms with Gasteiger partial charge >= 0.3 is 0 Å². The van der Waals surface area contributed by atoms with E-state index in [1.165, 1.54) is 6.07 Å². The highest BCUT2D eigenvalue weighted by Crippen LogP contribution is 2.24. The van der Waals surface area contributed by atoms with Crippen molar-refractivity contribution in [2.45, 2.75) is 13.8 Å². The Bertz CT molecular complexity index is 956. The second kappa shape index (κ2) is 7.07. The summed E-state index contributed by atoms with van der Waals surface area (Å²) in [5.41, 5.74) is 5.37. The zero-order valence-electron chi connectivity index (χ0n) is 13.9. The van der Waals surface area contributed by atoms with E-state index in [4.69, 9.17) is 0 Å². The Morgan fingerprint density at radius 2 is 1.76 bits per heavy atom. The molecule has 0 amide bonds. The van der Waals surface area contributed by atoms with E-state index in [1.807, 2.05) is 30.4 Å². The summed E-state index contributed by atoms with van der Waals surface area (Å²) in [4.78, 5) is 10.5. The van der Waals surface area contributed by atoms with Crippen molar-refractivity contribution in [2.75, 3.05) is 0 Å². The number of hydrogen-bond donors (Lipinski definition) is 0. The molecular weight excluding hydrogens is 380 g/mol. The molecule has 0 saturated heterocycles. The number of hydrogen-bond acceptors (Lipinski definition) is 2. The van der Waals surface area contributed by atoms with Crippen LogP contribution in [0.2, 0.25) is 0 Å². The van der Waals surface area contributed by atoms with Crippen molar-refractivity contribution in [3.05, 3.63) is 91.7 Å². The first kappa shape index (κ1) is 17.2. The lowest BCUT2D eigenvalue weighted by molar-refractivity contribution is -0.384. The zero-order chi connectivity index (χ0) is 18.0. The number of benzene rings is 2. The average Bonchev–Trinajstić information content (AvgIpc) is 2.88. The van der Waals surface area contributed by atoms with Crippen LogP contribution in [0.25, 0.3) is 17.8 Å². The Hall–Kier alpha value is -2.66. The fraction of sp³-hybridized carbons (Fsp3) is 0.100. The van der Waals surface area contributed by atoms with Crippen LogP contribution in [0.4, 0.5) is 5.69 Å². The van der Waals surface area contributed by atoms with Gasteiger partial charge in [-0.15, -0.1) is 0 Å². The molecule has 0 atom stereocenters. The van der Waals surface area contributed by atoms with Crippen LogP contribution in [0.5, 0.6) is 0 Å². The number of non-ortho nitro benzene ring substituents is 1. The van der Waals surface area contributed by atoms with Crippen LogP contribution >= 0.6 is 15.9 Å². The summed E-state index contributed by atoms with van der Waals surface area (Å²) in [6.45, 7) is 4.14. The summed E-state index contributed by atoms with van der Waals surface area (Å²) in [6, 6.07) is 16.9. The van der Waals surface area contributed by atoms with Crippen molar-refractivity contribution < 1.29 is 4.92 Å². The summed E-state index contributed by atoms with van der Waals surface area (Å²) in [6.07, 6.45) is 3.90. The highest BCUT2D eigenvalue weighted by Gasteiger charge is 2.09. The smallest absolute Gasteiger partial charge is 0.270 e. The monoisotopic (exact) mass is 396 g/mol. The van der Waals surface area contributed by atoms with Gasteiger partial charge in [0.05, 0.1) is 4.92 Å². The van der Waals surface area contributed by atoms with Crippen molar-refractivity contribution in [1.29, 1.82) is 0 Å². The number of halogens is 1. The van der Waals surface area contributed by atoms with Gasteiger partial charge < -0.3 is 4.57 Å². The lowest BCUT2D eigenvalue weighted by Crippen LogP contribution is -1.98. The summed E-state index contributed by atoms with van der Waals surface area (Å²) < 4.78 is 3.24. The van der Waals surface area contributed by atoms with Crippen LogP contribution in [0.3, 0.4) is 0 Å². The Morgan fingerprint density at radius 1 is 1.04 bits per heavy atom. The molecule has 0 radical (unpaired) electrons. The first-order valence-electron chi connectivity index (χ1n) is 7.83. The molecule has 0 spiro atoms. The summed E-state index contributed by atoms with van der Waals surface area (Å²) in [5, 5.41) is 10.9. The van der Waals surface area contributed by atoms with Crippen molar-refractivity contribution in [2.24, 2.45) is 0 Å². The average molecular weight is 397 g/mol. The zero-order valence-corrected chi connectivity index (χ0v) is 15.5. The lowest BCUT2D eigenvalue weighted by Gasteiger charge is -2.09. The molecule has 126 valence electrons. The number of aryl methyl sites for hydroxylation is 1. The second-order valence-electron chi connectivity index (χ2n) is 5.82. The van der Waals surface area contributed by atoms with E-state index < -0.39 is 0 Å². The van der Waals surface area contributed by atoms with Crippen molar-refractivity contribution in [3.63, 3.8) is 0 Å². The van der Waals surface area contributed by atoms with Gasteiger partial charge in [-0.1, -0.05) is 40.2 Å². The molecule has 0 fully saturated rings. The molecule has 5 heteroatoms. The molecule has 0 bridgehead atoms. The minimum Gasteiger partial charge on any atom is -0.318 e. The van der Waals surface area contributed by atoms with Crippen molar-refractivity contribution >= 4 is 33.8 Å². The number of nitrogens with zero attached hydrogens (tertiary/aromatic N) is 2. The number of rotatable bonds is 4. The van der Waals surface area contributed by atoms with E-state index in [0.717, 1.165) is 32.7 Å². The molecule has 0 aliphatic rings. The van der Waals surface area contributed by atoms with Gasteiger partial charge in [0.25, 0.3) is 5.69 Å². The van der Waals surface area contributed by atoms with Gasteiger partial charge in [0, 0.05) is 33.7 Å². The van der Waals surface area contributed by atoms with Crippen LogP contribution in [-0.2, 0) is 0 Å². The number of aromatic nitrogens is 1. The molecule has 0 saturated carbocycles. The van der Waals surface area contributed by atoms with E-state index >= 15 is 0 Å². The third-order valence-corrected chi connectivity index (χ3v) is 4.62. The van der Waals surface area contributed by atoms with Crippen molar-refractivity contribution in [3.8, 4) is 5.69 Å². The highest BCUT2D eigenvalue weighted by molar-refractivity contribution is 9.10. The molecule has 2 aromatic carbocycles. The van der Waals surface area contributed by atoms with Gasteiger partial charge in [0.2, 0.25) is 0 Å². The van der Waals surface area contributed by atoms with Crippen LogP contribution in [0, 0.1) is 24.0 Å². The maximum atomic E-state index is 10.9. The van der Waals surface area contributed by atoms with Gasteiger partial charge in [-0.3, -0.25) is 10.1 Å². The van der Waals surface area contributed by atoms with Crippen molar-refractivity contribution in [1.82, 2.24) is 4.57 Å². The van der Waals surface area contributed by atoms with E-state index in [1.54, 1.807) is 12.1 Å². The van der Waals surface area contributed by atoms with Gasteiger partial charge in [-0.2, -0.15) is 0 Å². The SMILES string of the molecule is Cc1cc(C=Cc2cccc([N+](=O)[O-])c2)c(C)n1-c1ccc(Br)cc1. The van der Waals surface area contributed by atoms with Gasteiger partial charge in [0.1, 0.15) is 0 Å². The normalized spacial score (nSPS) is 11.2. The second-order valence-corrected chi connectivity index (χ2v) is 6.74. The predicted molar refractivity (Wildman–Crippen MR) is 105 cm³/mol. The van der Waals surface area contributed by atoms with Gasteiger partial charge in [-0.25, -0.2) is 0 Å². The Morgan fingerprint density at radius 3 is 2.44 bits per heavy atom. The molecule has 3 aromatic rings. The molecule has 0 aliphatic heterocycles. The van der Waals surface area contributed by atoms with E-state index in [0.29, 0.717) is 0 Å². The predicted octanol–water partition coefficient (Wildman–Crippen LogP) is 5.94. The number of nitro groups is 1. The first-order valence-corrected chi connectivity index (χ1v) is 8.62. The molecule has 1 aromatic heterocycles. The third kappa shape index (κ3) is 3.72. The summed E-state index contributed by atoms with van der Waals surface area (Å²) >= 11 is 3.46. The van der Waals surface area contributed by atoms with Crippen LogP contribution < -0.4 is 0 Å². The Balaban J connectivity index is 1.94. The van der Waals surface area contributed by atoms with E-state index in [2.05, 4.69) is 52.5 Å². The van der Waals surface area contributed by atoms with Crippen LogP contribution in [-0.4, -0.2) is 9.49 Å². The van der Waals surface area contributed by atoms with E-state index in [9.17, 15) is 10.1 Å². The minimum absolute atomic E-state index is 0.0995. The number of nitro benzene ring substituents is 1. The molecule has 0 aliphatic carbocycles. The lowest BCUT2D eigenvalue weighted by atomic mass is 10.1. The standard InChI is InChI=1S/C20H17BrN2O2/c1-14-12-17(7-6-16-4-3-5-20(13-16)23(24)25)15(2)22(14)19-10-8-18(21)9-11-19/h3-13H,1-2H3. The Labute approximate surface area is 154 Å². The van der Waals surface area contributed by atoms with Crippen LogP contribution in [0.15, 0.2) is 59.1 Å². The first-order chi connectivity index (χ1) is 12.0. The largest absolute Gasteiger partial charge is 0.318 e. The van der Waals surface area contributed by atoms with Gasteiger partial charge in [-0.05, 0) is 55.3 Å². The molecule has 1 heterocycles. The fourth-order valence-electron chi connectivity index (χ4n) is 2.87. The van der Waals surface area contributed by atoms with Gasteiger partial charge in [0.15, 0.2) is 0 Å². The van der Waals surface area contributed by atoms with Crippen LogP contribution in [0.1, 0.15) is 22.5 Å². The summed E-state index contributed by atoms with van der Waals surface area (Å²) in [5.74, 6) is 0. The molecular formula is C20H17BrN2O2. The summed E-state index contributed by atoms with van der Waals surface area (Å²) in [7, 11) is 0. The third-order valence-electron chi connectivity index (χ3n) is 4.09. The molecule has 0 N–H and O–H groups in total.